The van der Waals surface area contributed by atoms with E-state index in [1.165, 1.54) is 0 Å². The first kappa shape index (κ1) is 20.9. The minimum Gasteiger partial charge on any atom is -0.392 e. The van der Waals surface area contributed by atoms with E-state index in [9.17, 15) is 13.9 Å². The number of nitrogens with two attached hydrogens (primary N) is 1. The van der Waals surface area contributed by atoms with Gasteiger partial charge in [-0.3, -0.25) is 9.89 Å². The van der Waals surface area contributed by atoms with Crippen molar-refractivity contribution in [1.29, 1.82) is 0 Å². The summed E-state index contributed by atoms with van der Waals surface area (Å²) in [5.41, 5.74) is 7.27. The fraction of sp³-hybridized carbons (Fsp3) is 0.550. The molecule has 0 bridgehead atoms. The van der Waals surface area contributed by atoms with Crippen molar-refractivity contribution in [3.63, 3.8) is 0 Å². The highest BCUT2D eigenvalue weighted by molar-refractivity contribution is 5.81. The van der Waals surface area contributed by atoms with E-state index in [0.717, 1.165) is 29.7 Å². The molecule has 0 saturated carbocycles. The Balaban J connectivity index is 1.69. The molecule has 2 aliphatic heterocycles. The molecular formula is C20H28F2N4O2. The Morgan fingerprint density at radius 2 is 2.18 bits per heavy atom. The van der Waals surface area contributed by atoms with E-state index in [4.69, 9.17) is 10.5 Å². The lowest BCUT2D eigenvalue weighted by molar-refractivity contribution is -0.0495. The molecule has 28 heavy (non-hydrogen) atoms. The number of nitrogens with zero attached hydrogens (tertiary/aromatic N) is 3. The zero-order chi connectivity index (χ0) is 20.4. The fourth-order valence-electron chi connectivity index (χ4n) is 3.80. The maximum Gasteiger partial charge on any atom is 0.129 e. The summed E-state index contributed by atoms with van der Waals surface area (Å²) in [5, 5.41) is 9.72. The van der Waals surface area contributed by atoms with Crippen LogP contribution in [0.4, 0.5) is 8.78 Å². The van der Waals surface area contributed by atoms with Crippen molar-refractivity contribution in [3.8, 4) is 0 Å². The monoisotopic (exact) mass is 394 g/mol. The number of ether oxygens (including phenoxy) is 1. The van der Waals surface area contributed by atoms with E-state index in [-0.39, 0.29) is 11.6 Å². The third-order valence-corrected chi connectivity index (χ3v) is 5.27. The topological polar surface area (TPSA) is 74.3 Å². The number of rotatable bonds is 4. The molecule has 0 spiro atoms. The first-order chi connectivity index (χ1) is 13.3. The van der Waals surface area contributed by atoms with E-state index in [1.54, 1.807) is 6.92 Å². The van der Waals surface area contributed by atoms with Gasteiger partial charge >= 0.3 is 0 Å². The predicted octanol–water partition coefficient (Wildman–Crippen LogP) is 2.01. The van der Waals surface area contributed by atoms with Gasteiger partial charge in [-0.05, 0) is 38.5 Å². The smallest absolute Gasteiger partial charge is 0.129 e. The molecule has 1 fully saturated rings. The zero-order valence-electron chi connectivity index (χ0n) is 16.3. The van der Waals surface area contributed by atoms with Gasteiger partial charge < -0.3 is 20.5 Å². The average Bonchev–Trinajstić information content (AvgIpc) is 2.77. The van der Waals surface area contributed by atoms with E-state index >= 15 is 0 Å². The number of aliphatic hydroxyl groups excluding tert-OH is 1. The summed E-state index contributed by atoms with van der Waals surface area (Å²) in [7, 11) is 0. The minimum absolute atomic E-state index is 0.0114. The van der Waals surface area contributed by atoms with Crippen LogP contribution in [0.3, 0.4) is 0 Å². The molecule has 2 aliphatic rings. The summed E-state index contributed by atoms with van der Waals surface area (Å²) in [4.78, 5) is 8.62. The lowest BCUT2D eigenvalue weighted by Gasteiger charge is -2.39. The Hall–Kier alpha value is -1.87. The number of aliphatic hydroxyl groups is 1. The molecule has 3 rings (SSSR count). The van der Waals surface area contributed by atoms with Gasteiger partial charge in [-0.15, -0.1) is 0 Å². The molecule has 1 saturated heterocycles. The third kappa shape index (κ3) is 4.57. The van der Waals surface area contributed by atoms with Crippen molar-refractivity contribution in [2.75, 3.05) is 26.4 Å². The van der Waals surface area contributed by atoms with Crippen molar-refractivity contribution in [1.82, 2.24) is 9.80 Å². The highest BCUT2D eigenvalue weighted by Gasteiger charge is 2.35. The van der Waals surface area contributed by atoms with E-state index in [1.807, 2.05) is 11.8 Å². The highest BCUT2D eigenvalue weighted by Crippen LogP contribution is 2.32. The van der Waals surface area contributed by atoms with Gasteiger partial charge in [0.1, 0.15) is 23.6 Å². The van der Waals surface area contributed by atoms with Crippen LogP contribution in [0.2, 0.25) is 0 Å². The molecule has 3 unspecified atom stereocenters. The molecule has 154 valence electrons. The molecule has 0 aromatic heterocycles. The largest absolute Gasteiger partial charge is 0.392 e. The summed E-state index contributed by atoms with van der Waals surface area (Å²) in [6, 6.07) is 2.85. The Morgan fingerprint density at radius 3 is 2.86 bits per heavy atom. The fourth-order valence-corrected chi connectivity index (χ4v) is 3.80. The quantitative estimate of drug-likeness (QED) is 0.817. The molecule has 0 amide bonds. The van der Waals surface area contributed by atoms with Crippen LogP contribution in [0, 0.1) is 11.6 Å². The summed E-state index contributed by atoms with van der Waals surface area (Å²) in [6.07, 6.45) is -0.611. The SMILES string of the molecule is C=C1CN(C2CO[C@H](c3cc(F)ccc3F)C(N)C2)CN=C(C)N1CC(C)O. The second kappa shape index (κ2) is 8.65. The standard InChI is InChI=1S/C20H28F2N4O2/c1-12-8-25(11-24-14(3)26(12)9-13(2)27)16-7-19(23)20(28-10-16)17-6-15(21)4-5-18(17)22/h4-6,13,16,19-20,27H,1,7-11,23H2,2-3H3/t13?,16?,19?,20-/m1/s1. The zero-order valence-corrected chi connectivity index (χ0v) is 16.3. The maximum absolute atomic E-state index is 14.1. The van der Waals surface area contributed by atoms with Crippen molar-refractivity contribution < 1.29 is 18.6 Å². The van der Waals surface area contributed by atoms with Crippen LogP contribution < -0.4 is 5.73 Å². The lowest BCUT2D eigenvalue weighted by atomic mass is 9.93. The van der Waals surface area contributed by atoms with Crippen molar-refractivity contribution >= 4 is 5.84 Å². The van der Waals surface area contributed by atoms with Gasteiger partial charge in [-0.2, -0.15) is 0 Å². The Morgan fingerprint density at radius 1 is 1.43 bits per heavy atom. The number of hydrogen-bond acceptors (Lipinski definition) is 6. The molecule has 1 aromatic rings. The number of aliphatic imine (C=N–C) groups is 1. The number of β-amino-alcohol motifs (C(OH)–C–C–N with tert-alkyl or cyclic N) is 1. The van der Waals surface area contributed by atoms with Crippen LogP contribution >= 0.6 is 0 Å². The normalized spacial score (nSPS) is 28.1. The van der Waals surface area contributed by atoms with Crippen LogP contribution in [0.25, 0.3) is 0 Å². The number of benzene rings is 1. The van der Waals surface area contributed by atoms with Gasteiger partial charge in [0.05, 0.1) is 19.4 Å². The Bertz CT molecular complexity index is 756. The first-order valence-electron chi connectivity index (χ1n) is 9.47. The maximum atomic E-state index is 14.1. The molecule has 4 atom stereocenters. The molecule has 6 nitrogen and oxygen atoms in total. The number of amidine groups is 1. The second-order valence-corrected chi connectivity index (χ2v) is 7.59. The molecule has 2 heterocycles. The van der Waals surface area contributed by atoms with E-state index < -0.39 is 29.9 Å². The summed E-state index contributed by atoms with van der Waals surface area (Å²) < 4.78 is 33.5. The third-order valence-electron chi connectivity index (χ3n) is 5.27. The van der Waals surface area contributed by atoms with E-state index in [2.05, 4.69) is 16.5 Å². The predicted molar refractivity (Wildman–Crippen MR) is 104 cm³/mol. The Kier molecular flexibility index (Phi) is 6.44. The van der Waals surface area contributed by atoms with Crippen molar-refractivity contribution in [3.05, 3.63) is 47.7 Å². The van der Waals surface area contributed by atoms with Crippen LogP contribution in [0.15, 0.2) is 35.5 Å². The van der Waals surface area contributed by atoms with Gasteiger partial charge in [0.25, 0.3) is 0 Å². The minimum atomic E-state index is -0.681. The summed E-state index contributed by atoms with van der Waals surface area (Å²) in [5.74, 6) is -0.229. The van der Waals surface area contributed by atoms with Crippen LogP contribution in [0.1, 0.15) is 31.9 Å². The van der Waals surface area contributed by atoms with E-state index in [0.29, 0.717) is 32.8 Å². The van der Waals surface area contributed by atoms with Gasteiger partial charge in [-0.25, -0.2) is 8.78 Å². The van der Waals surface area contributed by atoms with Crippen molar-refractivity contribution in [2.24, 2.45) is 10.7 Å². The summed E-state index contributed by atoms with van der Waals surface area (Å²) >= 11 is 0. The molecule has 3 N–H and O–H groups in total. The van der Waals surface area contributed by atoms with Crippen LogP contribution in [-0.4, -0.2) is 65.3 Å². The number of halogens is 2. The van der Waals surface area contributed by atoms with Crippen LogP contribution in [0.5, 0.6) is 0 Å². The lowest BCUT2D eigenvalue weighted by Crippen LogP contribution is -2.50. The first-order valence-corrected chi connectivity index (χ1v) is 9.47. The average molecular weight is 394 g/mol. The molecular weight excluding hydrogens is 366 g/mol. The molecule has 0 radical (unpaired) electrons. The molecule has 8 heteroatoms. The van der Waals surface area contributed by atoms with Gasteiger partial charge in [0.15, 0.2) is 0 Å². The molecule has 1 aromatic carbocycles. The van der Waals surface area contributed by atoms with Gasteiger partial charge in [-0.1, -0.05) is 6.58 Å². The van der Waals surface area contributed by atoms with Crippen molar-refractivity contribution in [2.45, 2.75) is 44.6 Å². The molecule has 0 aliphatic carbocycles. The summed E-state index contributed by atoms with van der Waals surface area (Å²) in [6.45, 7) is 9.55. The number of hydrogen-bond donors (Lipinski definition) is 2. The van der Waals surface area contributed by atoms with Gasteiger partial charge in [0, 0.05) is 36.4 Å². The Labute approximate surface area is 164 Å². The highest BCUT2D eigenvalue weighted by atomic mass is 19.1. The van der Waals surface area contributed by atoms with Crippen LogP contribution in [-0.2, 0) is 4.74 Å². The van der Waals surface area contributed by atoms with Gasteiger partial charge in [0.2, 0.25) is 0 Å². The second-order valence-electron chi connectivity index (χ2n) is 7.59.